The maximum absolute atomic E-state index is 12.5. The molecule has 0 aromatic heterocycles. The van der Waals surface area contributed by atoms with Gasteiger partial charge in [-0.2, -0.15) is 0 Å². The van der Waals surface area contributed by atoms with Crippen molar-refractivity contribution < 1.29 is 9.90 Å². The third-order valence-electron chi connectivity index (χ3n) is 6.00. The van der Waals surface area contributed by atoms with E-state index in [0.29, 0.717) is 6.04 Å². The second-order valence-electron chi connectivity index (χ2n) is 7.74. The van der Waals surface area contributed by atoms with E-state index in [1.165, 1.54) is 19.3 Å². The first-order valence-corrected chi connectivity index (χ1v) is 8.59. The number of urea groups is 1. The molecule has 0 aromatic rings. The van der Waals surface area contributed by atoms with Crippen LogP contribution in [0.4, 0.5) is 4.79 Å². The van der Waals surface area contributed by atoms with Gasteiger partial charge in [-0.1, -0.05) is 33.6 Å². The highest BCUT2D eigenvalue weighted by molar-refractivity contribution is 5.74. The molecule has 4 heteroatoms. The Morgan fingerprint density at radius 2 is 1.90 bits per heavy atom. The highest BCUT2D eigenvalue weighted by Crippen LogP contribution is 2.36. The molecule has 122 valence electrons. The highest BCUT2D eigenvalue weighted by atomic mass is 16.3. The molecule has 1 atom stereocenters. The topological polar surface area (TPSA) is 52.6 Å². The second-order valence-corrected chi connectivity index (χ2v) is 7.74. The predicted molar refractivity (Wildman–Crippen MR) is 85.2 cm³/mol. The van der Waals surface area contributed by atoms with Gasteiger partial charge in [-0.05, 0) is 42.9 Å². The maximum atomic E-state index is 12.5. The fraction of sp³-hybridized carbons (Fsp3) is 0.941. The number of rotatable bonds is 3. The molecular formula is C17H32N2O2. The first-order chi connectivity index (χ1) is 9.92. The van der Waals surface area contributed by atoms with Crippen molar-refractivity contribution in [3.63, 3.8) is 0 Å². The zero-order valence-corrected chi connectivity index (χ0v) is 14.0. The smallest absolute Gasteiger partial charge is 0.317 e. The molecule has 1 saturated carbocycles. The number of piperidine rings is 1. The van der Waals surface area contributed by atoms with E-state index in [1.54, 1.807) is 0 Å². The molecule has 2 amide bonds. The summed E-state index contributed by atoms with van der Waals surface area (Å²) in [6.07, 6.45) is 7.62. The molecule has 1 aliphatic carbocycles. The minimum Gasteiger partial charge on any atom is -0.396 e. The first kappa shape index (κ1) is 16.6. The number of hydrogen-bond donors (Lipinski definition) is 2. The minimum absolute atomic E-state index is 0.0425. The van der Waals surface area contributed by atoms with Crippen molar-refractivity contribution in [2.75, 3.05) is 19.7 Å². The summed E-state index contributed by atoms with van der Waals surface area (Å²) < 4.78 is 0. The molecule has 1 heterocycles. The van der Waals surface area contributed by atoms with Gasteiger partial charge in [0.2, 0.25) is 0 Å². The Kier molecular flexibility index (Phi) is 5.18. The van der Waals surface area contributed by atoms with Gasteiger partial charge < -0.3 is 15.3 Å². The molecule has 21 heavy (non-hydrogen) atoms. The van der Waals surface area contributed by atoms with Gasteiger partial charge in [0.05, 0.1) is 0 Å². The van der Waals surface area contributed by atoms with Crippen LogP contribution in [-0.2, 0) is 0 Å². The predicted octanol–water partition coefficient (Wildman–Crippen LogP) is 3.15. The molecule has 0 aromatic carbocycles. The number of nitrogens with one attached hydrogen (secondary N) is 1. The number of hydrogen-bond acceptors (Lipinski definition) is 2. The normalized spacial score (nSPS) is 28.2. The summed E-state index contributed by atoms with van der Waals surface area (Å²) >= 11 is 0. The highest BCUT2D eigenvalue weighted by Gasteiger charge is 2.37. The van der Waals surface area contributed by atoms with Crippen molar-refractivity contribution in [3.8, 4) is 0 Å². The van der Waals surface area contributed by atoms with Gasteiger partial charge in [-0.15, -0.1) is 0 Å². The van der Waals surface area contributed by atoms with Gasteiger partial charge >= 0.3 is 6.03 Å². The summed E-state index contributed by atoms with van der Waals surface area (Å²) in [6.45, 7) is 8.45. The van der Waals surface area contributed by atoms with Crippen molar-refractivity contribution in [2.24, 2.45) is 10.8 Å². The van der Waals surface area contributed by atoms with E-state index in [-0.39, 0.29) is 23.5 Å². The fourth-order valence-electron chi connectivity index (χ4n) is 3.81. The third-order valence-corrected chi connectivity index (χ3v) is 6.00. The molecule has 2 aliphatic rings. The fourth-order valence-corrected chi connectivity index (χ4v) is 3.81. The van der Waals surface area contributed by atoms with E-state index in [2.05, 4.69) is 26.1 Å². The maximum Gasteiger partial charge on any atom is 0.317 e. The van der Waals surface area contributed by atoms with Gasteiger partial charge in [0.1, 0.15) is 0 Å². The molecule has 1 unspecified atom stereocenters. The van der Waals surface area contributed by atoms with Crippen LogP contribution in [0.1, 0.15) is 65.7 Å². The Bertz CT molecular complexity index is 354. The first-order valence-electron chi connectivity index (χ1n) is 8.59. The zero-order chi connectivity index (χ0) is 15.5. The number of aliphatic hydroxyl groups is 1. The molecular weight excluding hydrogens is 264 g/mol. The van der Waals surface area contributed by atoms with Gasteiger partial charge in [0.15, 0.2) is 0 Å². The van der Waals surface area contributed by atoms with Gasteiger partial charge in [0, 0.05) is 25.7 Å². The van der Waals surface area contributed by atoms with E-state index < -0.39 is 0 Å². The zero-order valence-electron chi connectivity index (χ0n) is 14.0. The number of carbonyl (C=O) groups excluding carboxylic acids is 1. The van der Waals surface area contributed by atoms with Crippen LogP contribution in [0.2, 0.25) is 0 Å². The van der Waals surface area contributed by atoms with Crippen LogP contribution >= 0.6 is 0 Å². The van der Waals surface area contributed by atoms with Crippen LogP contribution < -0.4 is 5.32 Å². The SMILES string of the molecule is CCC1(CO)CCN(C(=O)NC2CCCCC2(C)C)CC1. The van der Waals surface area contributed by atoms with Crippen LogP contribution in [0.3, 0.4) is 0 Å². The monoisotopic (exact) mass is 296 g/mol. The van der Waals surface area contributed by atoms with Crippen LogP contribution in [0.5, 0.6) is 0 Å². The Balaban J connectivity index is 1.87. The molecule has 0 spiro atoms. The molecule has 1 saturated heterocycles. The van der Waals surface area contributed by atoms with Crippen molar-refractivity contribution in [1.82, 2.24) is 10.2 Å². The summed E-state index contributed by atoms with van der Waals surface area (Å²) in [5.41, 5.74) is 0.253. The van der Waals surface area contributed by atoms with E-state index in [4.69, 9.17) is 0 Å². The Morgan fingerprint density at radius 3 is 2.43 bits per heavy atom. The lowest BCUT2D eigenvalue weighted by atomic mass is 9.73. The summed E-state index contributed by atoms with van der Waals surface area (Å²) in [5, 5.41) is 12.8. The molecule has 4 nitrogen and oxygen atoms in total. The molecule has 2 fully saturated rings. The standard InChI is InChI=1S/C17H32N2O2/c1-4-17(13-20)9-11-19(12-10-17)15(21)18-14-7-5-6-8-16(14,2)3/h14,20H,4-13H2,1-3H3,(H,18,21). The average molecular weight is 296 g/mol. The van der Waals surface area contributed by atoms with Gasteiger partial charge in [0.25, 0.3) is 0 Å². The molecule has 2 N–H and O–H groups in total. The second kappa shape index (κ2) is 6.55. The average Bonchev–Trinajstić information content (AvgIpc) is 2.49. The summed E-state index contributed by atoms with van der Waals surface area (Å²) in [4.78, 5) is 14.4. The number of nitrogens with zero attached hydrogens (tertiary/aromatic N) is 1. The third kappa shape index (κ3) is 3.71. The largest absolute Gasteiger partial charge is 0.396 e. The Morgan fingerprint density at radius 1 is 1.24 bits per heavy atom. The summed E-state index contributed by atoms with van der Waals surface area (Å²) in [5.74, 6) is 0. The van der Waals surface area contributed by atoms with Crippen molar-refractivity contribution >= 4 is 6.03 Å². The molecule has 1 aliphatic heterocycles. The van der Waals surface area contributed by atoms with E-state index in [9.17, 15) is 9.90 Å². The van der Waals surface area contributed by atoms with Crippen molar-refractivity contribution in [3.05, 3.63) is 0 Å². The van der Waals surface area contributed by atoms with E-state index in [0.717, 1.165) is 38.8 Å². The van der Waals surface area contributed by atoms with E-state index >= 15 is 0 Å². The lowest BCUT2D eigenvalue weighted by Crippen LogP contribution is -2.54. The molecule has 0 radical (unpaired) electrons. The van der Waals surface area contributed by atoms with Gasteiger partial charge in [-0.25, -0.2) is 4.79 Å². The van der Waals surface area contributed by atoms with E-state index in [1.807, 2.05) is 4.90 Å². The summed E-state index contributed by atoms with van der Waals surface area (Å²) in [7, 11) is 0. The number of likely N-dealkylation sites (tertiary alicyclic amines) is 1. The lowest BCUT2D eigenvalue weighted by Gasteiger charge is -2.43. The van der Waals surface area contributed by atoms with Crippen molar-refractivity contribution in [2.45, 2.75) is 71.8 Å². The minimum atomic E-state index is 0.0425. The molecule has 0 bridgehead atoms. The Labute approximate surface area is 129 Å². The Hall–Kier alpha value is -0.770. The number of carbonyl (C=O) groups is 1. The number of amides is 2. The van der Waals surface area contributed by atoms with Crippen LogP contribution in [0.25, 0.3) is 0 Å². The van der Waals surface area contributed by atoms with Crippen LogP contribution in [0, 0.1) is 10.8 Å². The number of aliphatic hydroxyl groups excluding tert-OH is 1. The van der Waals surface area contributed by atoms with Crippen LogP contribution in [-0.4, -0.2) is 41.8 Å². The van der Waals surface area contributed by atoms with Crippen LogP contribution in [0.15, 0.2) is 0 Å². The molecule has 2 rings (SSSR count). The quantitative estimate of drug-likeness (QED) is 0.840. The lowest BCUT2D eigenvalue weighted by molar-refractivity contribution is 0.0495. The van der Waals surface area contributed by atoms with Crippen molar-refractivity contribution in [1.29, 1.82) is 0 Å². The van der Waals surface area contributed by atoms with Gasteiger partial charge in [-0.3, -0.25) is 0 Å². The summed E-state index contributed by atoms with van der Waals surface area (Å²) in [6, 6.07) is 0.395.